The highest BCUT2D eigenvalue weighted by molar-refractivity contribution is 5.97. The van der Waals surface area contributed by atoms with Crippen molar-refractivity contribution in [2.24, 2.45) is 0 Å². The molecule has 1 amide bonds. The Morgan fingerprint density at radius 1 is 1.61 bits per heavy atom. The summed E-state index contributed by atoms with van der Waals surface area (Å²) in [4.78, 5) is 14.3. The van der Waals surface area contributed by atoms with Gasteiger partial charge in [-0.3, -0.25) is 9.89 Å². The monoisotopic (exact) mass is 248 g/mol. The lowest BCUT2D eigenvalue weighted by atomic mass is 10.2. The molecule has 0 spiro atoms. The van der Waals surface area contributed by atoms with E-state index < -0.39 is 0 Å². The molecule has 0 unspecified atom stereocenters. The number of aromatic nitrogens is 2. The average molecular weight is 248 g/mol. The minimum Gasteiger partial charge on any atom is -0.395 e. The Morgan fingerprint density at radius 3 is 2.78 bits per heavy atom. The summed E-state index contributed by atoms with van der Waals surface area (Å²) in [5.74, 6) is -0.0938. The zero-order chi connectivity index (χ0) is 13.1. The van der Waals surface area contributed by atoms with Crippen LogP contribution in [0.3, 0.4) is 0 Å². The minimum absolute atomic E-state index is 0.0938. The van der Waals surface area contributed by atoms with Crippen molar-refractivity contribution in [1.29, 1.82) is 0 Å². The second-order valence-electron chi connectivity index (χ2n) is 4.80. The van der Waals surface area contributed by atoms with Gasteiger partial charge in [-0.2, -0.15) is 5.10 Å². The van der Waals surface area contributed by atoms with Gasteiger partial charge in [-0.1, -0.05) is 18.9 Å². The van der Waals surface area contributed by atoms with Crippen molar-refractivity contribution < 1.29 is 4.79 Å². The SMILES string of the molecule is C=CCN(C(=O)c1n[nH]c(C)c1N)C1CCCC1. The van der Waals surface area contributed by atoms with Crippen molar-refractivity contribution >= 4 is 11.6 Å². The van der Waals surface area contributed by atoms with Crippen LogP contribution < -0.4 is 5.73 Å². The summed E-state index contributed by atoms with van der Waals surface area (Å²) in [5, 5.41) is 6.77. The highest BCUT2D eigenvalue weighted by atomic mass is 16.2. The van der Waals surface area contributed by atoms with E-state index >= 15 is 0 Å². The van der Waals surface area contributed by atoms with E-state index in [4.69, 9.17) is 5.73 Å². The molecule has 0 radical (unpaired) electrons. The Bertz CT molecular complexity index is 446. The van der Waals surface area contributed by atoms with Crippen molar-refractivity contribution in [2.75, 3.05) is 12.3 Å². The molecule has 1 aliphatic carbocycles. The van der Waals surface area contributed by atoms with Gasteiger partial charge in [0, 0.05) is 12.6 Å². The van der Waals surface area contributed by atoms with Crippen molar-refractivity contribution in [3.8, 4) is 0 Å². The third kappa shape index (κ3) is 2.25. The Labute approximate surface area is 107 Å². The number of nitrogen functional groups attached to an aromatic ring is 1. The molecule has 3 N–H and O–H groups in total. The van der Waals surface area contributed by atoms with E-state index in [1.54, 1.807) is 6.08 Å². The minimum atomic E-state index is -0.0938. The molecule has 1 aromatic rings. The molecule has 2 rings (SSSR count). The third-order valence-electron chi connectivity index (χ3n) is 3.55. The number of aryl methyl sites for hydroxylation is 1. The number of hydrogen-bond donors (Lipinski definition) is 2. The van der Waals surface area contributed by atoms with Crippen LogP contribution in [-0.4, -0.2) is 33.6 Å². The van der Waals surface area contributed by atoms with Gasteiger partial charge in [-0.05, 0) is 19.8 Å². The van der Waals surface area contributed by atoms with Gasteiger partial charge in [0.1, 0.15) is 0 Å². The van der Waals surface area contributed by atoms with Crippen LogP contribution in [0.5, 0.6) is 0 Å². The largest absolute Gasteiger partial charge is 0.395 e. The summed E-state index contributed by atoms with van der Waals surface area (Å²) in [7, 11) is 0. The lowest BCUT2D eigenvalue weighted by molar-refractivity contribution is 0.0701. The fourth-order valence-electron chi connectivity index (χ4n) is 2.49. The van der Waals surface area contributed by atoms with Crippen molar-refractivity contribution in [2.45, 2.75) is 38.6 Å². The fraction of sp³-hybridized carbons (Fsp3) is 0.538. The number of H-pyrrole nitrogens is 1. The normalized spacial score (nSPS) is 15.8. The van der Waals surface area contributed by atoms with Crippen molar-refractivity contribution in [3.63, 3.8) is 0 Å². The van der Waals surface area contributed by atoms with Crippen LogP contribution in [0.4, 0.5) is 5.69 Å². The Balaban J connectivity index is 2.22. The fourth-order valence-corrected chi connectivity index (χ4v) is 2.49. The molecule has 1 aromatic heterocycles. The molecule has 1 saturated carbocycles. The molecule has 1 aliphatic rings. The van der Waals surface area contributed by atoms with Gasteiger partial charge in [0.05, 0.1) is 11.4 Å². The molecular weight excluding hydrogens is 228 g/mol. The molecule has 0 aromatic carbocycles. The molecule has 5 nitrogen and oxygen atoms in total. The molecule has 5 heteroatoms. The molecule has 0 bridgehead atoms. The van der Waals surface area contributed by atoms with Gasteiger partial charge in [0.25, 0.3) is 5.91 Å². The van der Waals surface area contributed by atoms with Crippen LogP contribution in [0.25, 0.3) is 0 Å². The smallest absolute Gasteiger partial charge is 0.277 e. The van der Waals surface area contributed by atoms with Gasteiger partial charge in [0.2, 0.25) is 0 Å². The lowest BCUT2D eigenvalue weighted by Gasteiger charge is -2.27. The van der Waals surface area contributed by atoms with Crippen LogP contribution in [0.2, 0.25) is 0 Å². The Morgan fingerprint density at radius 2 is 2.28 bits per heavy atom. The van der Waals surface area contributed by atoms with Crippen LogP contribution in [0, 0.1) is 6.92 Å². The molecule has 18 heavy (non-hydrogen) atoms. The number of nitrogens with one attached hydrogen (secondary N) is 1. The topological polar surface area (TPSA) is 75.0 Å². The number of carbonyl (C=O) groups is 1. The van der Waals surface area contributed by atoms with E-state index in [1.807, 2.05) is 11.8 Å². The summed E-state index contributed by atoms with van der Waals surface area (Å²) in [6.45, 7) is 6.08. The number of anilines is 1. The molecule has 98 valence electrons. The Kier molecular flexibility index (Phi) is 3.69. The molecule has 1 fully saturated rings. The first-order valence-electron chi connectivity index (χ1n) is 6.37. The maximum Gasteiger partial charge on any atom is 0.277 e. The van der Waals surface area contributed by atoms with Crippen LogP contribution >= 0.6 is 0 Å². The summed E-state index contributed by atoms with van der Waals surface area (Å²) < 4.78 is 0. The summed E-state index contributed by atoms with van der Waals surface area (Å²) >= 11 is 0. The summed E-state index contributed by atoms with van der Waals surface area (Å²) in [6.07, 6.45) is 6.24. The maximum atomic E-state index is 12.5. The molecule has 0 saturated heterocycles. The van der Waals surface area contributed by atoms with E-state index in [0.717, 1.165) is 18.5 Å². The van der Waals surface area contributed by atoms with Gasteiger partial charge < -0.3 is 10.6 Å². The van der Waals surface area contributed by atoms with E-state index in [2.05, 4.69) is 16.8 Å². The van der Waals surface area contributed by atoms with Crippen molar-refractivity contribution in [1.82, 2.24) is 15.1 Å². The van der Waals surface area contributed by atoms with Gasteiger partial charge in [-0.15, -0.1) is 6.58 Å². The predicted molar refractivity (Wildman–Crippen MR) is 71.2 cm³/mol. The van der Waals surface area contributed by atoms with E-state index in [0.29, 0.717) is 24.0 Å². The number of nitrogens with zero attached hydrogens (tertiary/aromatic N) is 2. The quantitative estimate of drug-likeness (QED) is 0.799. The highest BCUT2D eigenvalue weighted by Gasteiger charge is 2.29. The van der Waals surface area contributed by atoms with E-state index in [1.165, 1.54) is 12.8 Å². The highest BCUT2D eigenvalue weighted by Crippen LogP contribution is 2.26. The second-order valence-corrected chi connectivity index (χ2v) is 4.80. The number of nitrogens with two attached hydrogens (primary N) is 1. The van der Waals surface area contributed by atoms with E-state index in [-0.39, 0.29) is 5.91 Å². The number of amides is 1. The van der Waals surface area contributed by atoms with Gasteiger partial charge >= 0.3 is 0 Å². The van der Waals surface area contributed by atoms with Crippen LogP contribution in [0.15, 0.2) is 12.7 Å². The molecule has 0 atom stereocenters. The Hall–Kier alpha value is -1.78. The second kappa shape index (κ2) is 5.25. The van der Waals surface area contributed by atoms with Gasteiger partial charge in [-0.25, -0.2) is 0 Å². The van der Waals surface area contributed by atoms with Crippen LogP contribution in [-0.2, 0) is 0 Å². The lowest BCUT2D eigenvalue weighted by Crippen LogP contribution is -2.39. The average Bonchev–Trinajstić information content (AvgIpc) is 2.98. The zero-order valence-corrected chi connectivity index (χ0v) is 10.8. The molecular formula is C13H20N4O. The number of carbonyl (C=O) groups excluding carboxylic acids is 1. The predicted octanol–water partition coefficient (Wildman–Crippen LogP) is 1.87. The zero-order valence-electron chi connectivity index (χ0n) is 10.8. The standard InChI is InChI=1S/C13H20N4O/c1-3-8-17(10-6-4-5-7-10)13(18)12-11(14)9(2)15-16-12/h3,10H,1,4-8,14H2,2H3,(H,15,16). The first kappa shape index (κ1) is 12.7. The number of hydrogen-bond acceptors (Lipinski definition) is 3. The van der Waals surface area contributed by atoms with E-state index in [9.17, 15) is 4.79 Å². The summed E-state index contributed by atoms with van der Waals surface area (Å²) in [6, 6.07) is 0.298. The number of aromatic amines is 1. The maximum absolute atomic E-state index is 12.5. The number of rotatable bonds is 4. The molecule has 0 aliphatic heterocycles. The molecule has 1 heterocycles. The van der Waals surface area contributed by atoms with Gasteiger partial charge in [0.15, 0.2) is 5.69 Å². The van der Waals surface area contributed by atoms with Crippen LogP contribution in [0.1, 0.15) is 41.9 Å². The first-order valence-corrected chi connectivity index (χ1v) is 6.37. The first-order chi connectivity index (χ1) is 8.65. The third-order valence-corrected chi connectivity index (χ3v) is 3.55. The summed E-state index contributed by atoms with van der Waals surface area (Å²) in [5.41, 5.74) is 7.39. The van der Waals surface area contributed by atoms with Crippen molar-refractivity contribution in [3.05, 3.63) is 24.0 Å².